The van der Waals surface area contributed by atoms with E-state index in [0.29, 0.717) is 12.1 Å². The van der Waals surface area contributed by atoms with Gasteiger partial charge in [0.25, 0.3) is 5.91 Å². The van der Waals surface area contributed by atoms with Gasteiger partial charge in [0.2, 0.25) is 0 Å². The fourth-order valence-electron chi connectivity index (χ4n) is 3.02. The first-order valence-electron chi connectivity index (χ1n) is 8.34. The van der Waals surface area contributed by atoms with Crippen molar-refractivity contribution in [3.63, 3.8) is 0 Å². The lowest BCUT2D eigenvalue weighted by Crippen LogP contribution is -2.36. The molecule has 24 heavy (non-hydrogen) atoms. The van der Waals surface area contributed by atoms with Crippen molar-refractivity contribution in [1.82, 2.24) is 15.2 Å². The molecule has 1 atom stereocenters. The van der Waals surface area contributed by atoms with E-state index in [1.165, 1.54) is 17.7 Å². The highest BCUT2D eigenvalue weighted by atomic mass is 32.1. The highest BCUT2D eigenvalue weighted by Gasteiger charge is 2.24. The predicted octanol–water partition coefficient (Wildman–Crippen LogP) is 2.78. The van der Waals surface area contributed by atoms with E-state index < -0.39 is 0 Å². The Morgan fingerprint density at radius 2 is 2.12 bits per heavy atom. The first kappa shape index (κ1) is 16.9. The van der Waals surface area contributed by atoms with Gasteiger partial charge in [-0.3, -0.25) is 9.69 Å². The molecular weight excluding hydrogens is 320 g/mol. The summed E-state index contributed by atoms with van der Waals surface area (Å²) in [6, 6.07) is 8.20. The lowest BCUT2D eigenvalue weighted by atomic mass is 10.2. The Balaban J connectivity index is 1.64. The number of nitrogens with zero attached hydrogens (tertiary/aromatic N) is 3. The first-order valence-corrected chi connectivity index (χ1v) is 9.22. The largest absolute Gasteiger partial charge is 0.363 e. The number of thiophene rings is 1. The number of nitrogens with one attached hydrogen (secondary N) is 1. The fraction of sp³-hybridized carbons (Fsp3) is 0.444. The molecule has 1 N–H and O–H groups in total. The van der Waals surface area contributed by atoms with Crippen LogP contribution in [0.3, 0.4) is 0 Å². The number of amides is 1. The van der Waals surface area contributed by atoms with Crippen LogP contribution in [0.15, 0.2) is 35.8 Å². The van der Waals surface area contributed by atoms with Crippen LogP contribution in [0.2, 0.25) is 0 Å². The number of anilines is 1. The normalized spacial score (nSPS) is 16.1. The van der Waals surface area contributed by atoms with Crippen LogP contribution in [0.4, 0.5) is 5.82 Å². The van der Waals surface area contributed by atoms with Crippen molar-refractivity contribution < 1.29 is 4.79 Å². The third kappa shape index (κ3) is 3.94. The predicted molar refractivity (Wildman–Crippen MR) is 98.8 cm³/mol. The van der Waals surface area contributed by atoms with Crippen molar-refractivity contribution in [2.45, 2.75) is 18.9 Å². The molecule has 1 aliphatic heterocycles. The minimum Gasteiger partial charge on any atom is -0.363 e. The summed E-state index contributed by atoms with van der Waals surface area (Å²) in [6.45, 7) is 2.85. The number of aromatic nitrogens is 1. The van der Waals surface area contributed by atoms with E-state index in [4.69, 9.17) is 0 Å². The number of pyridine rings is 1. The molecule has 3 rings (SSSR count). The highest BCUT2D eigenvalue weighted by molar-refractivity contribution is 7.10. The Bertz CT molecular complexity index is 648. The topological polar surface area (TPSA) is 48.5 Å². The van der Waals surface area contributed by atoms with E-state index >= 15 is 0 Å². The number of likely N-dealkylation sites (tertiary alicyclic amines) is 1. The van der Waals surface area contributed by atoms with Crippen LogP contribution >= 0.6 is 11.3 Å². The van der Waals surface area contributed by atoms with E-state index in [2.05, 4.69) is 32.7 Å². The standard InChI is InChI=1S/C18H24N4OS/c1-21(2)17-8-7-14(12-19-17)18(23)20-13-15(16-6-5-11-24-16)22-9-3-4-10-22/h5-8,11-12,15H,3-4,9-10,13H2,1-2H3,(H,20,23)/t15-/m1/s1. The highest BCUT2D eigenvalue weighted by Crippen LogP contribution is 2.27. The number of hydrogen-bond donors (Lipinski definition) is 1. The van der Waals surface area contributed by atoms with Gasteiger partial charge in [-0.2, -0.15) is 0 Å². The average Bonchev–Trinajstić information content (AvgIpc) is 3.29. The van der Waals surface area contributed by atoms with Crippen molar-refractivity contribution in [1.29, 1.82) is 0 Å². The molecule has 0 radical (unpaired) electrons. The van der Waals surface area contributed by atoms with Gasteiger partial charge in [-0.25, -0.2) is 4.98 Å². The molecule has 5 nitrogen and oxygen atoms in total. The minimum atomic E-state index is -0.0615. The summed E-state index contributed by atoms with van der Waals surface area (Å²) >= 11 is 1.76. The molecule has 6 heteroatoms. The second-order valence-corrected chi connectivity index (χ2v) is 7.26. The van der Waals surface area contributed by atoms with Gasteiger partial charge in [-0.05, 0) is 49.5 Å². The lowest BCUT2D eigenvalue weighted by Gasteiger charge is -2.26. The van der Waals surface area contributed by atoms with Gasteiger partial charge in [0, 0.05) is 31.7 Å². The van der Waals surface area contributed by atoms with Gasteiger partial charge in [0.1, 0.15) is 5.82 Å². The van der Waals surface area contributed by atoms with Gasteiger partial charge in [0.05, 0.1) is 11.6 Å². The zero-order valence-electron chi connectivity index (χ0n) is 14.2. The summed E-state index contributed by atoms with van der Waals surface area (Å²) < 4.78 is 0. The van der Waals surface area contributed by atoms with E-state index in [9.17, 15) is 4.79 Å². The quantitative estimate of drug-likeness (QED) is 0.875. The van der Waals surface area contributed by atoms with Gasteiger partial charge in [0.15, 0.2) is 0 Å². The molecular formula is C18H24N4OS. The van der Waals surface area contributed by atoms with Gasteiger partial charge >= 0.3 is 0 Å². The summed E-state index contributed by atoms with van der Waals surface area (Å²) in [7, 11) is 3.87. The molecule has 1 aliphatic rings. The zero-order chi connectivity index (χ0) is 16.9. The molecule has 0 unspecified atom stereocenters. The molecule has 1 amide bonds. The summed E-state index contributed by atoms with van der Waals surface area (Å²) in [4.78, 5) is 22.5. The molecule has 1 fully saturated rings. The number of hydrogen-bond acceptors (Lipinski definition) is 5. The Morgan fingerprint density at radius 1 is 1.33 bits per heavy atom. The van der Waals surface area contributed by atoms with Crippen LogP contribution < -0.4 is 10.2 Å². The maximum atomic E-state index is 12.4. The number of carbonyl (C=O) groups excluding carboxylic acids is 1. The van der Waals surface area contributed by atoms with E-state index in [1.807, 2.05) is 31.1 Å². The SMILES string of the molecule is CN(C)c1ccc(C(=O)NC[C@H](c2cccs2)N2CCCC2)cn1. The monoisotopic (exact) mass is 344 g/mol. The Morgan fingerprint density at radius 3 is 2.71 bits per heavy atom. The molecule has 2 aromatic heterocycles. The van der Waals surface area contributed by atoms with Crippen LogP contribution in [0.25, 0.3) is 0 Å². The van der Waals surface area contributed by atoms with Crippen molar-refractivity contribution in [3.05, 3.63) is 46.3 Å². The van der Waals surface area contributed by atoms with Crippen molar-refractivity contribution in [2.24, 2.45) is 0 Å². The molecule has 128 valence electrons. The van der Waals surface area contributed by atoms with Crippen LogP contribution in [0.1, 0.15) is 34.1 Å². The van der Waals surface area contributed by atoms with Crippen molar-refractivity contribution >= 4 is 23.1 Å². The summed E-state index contributed by atoms with van der Waals surface area (Å²) in [5.74, 6) is 0.786. The van der Waals surface area contributed by atoms with E-state index in [0.717, 1.165) is 18.9 Å². The average molecular weight is 344 g/mol. The molecule has 0 aliphatic carbocycles. The van der Waals surface area contributed by atoms with Gasteiger partial charge in [-0.1, -0.05) is 6.07 Å². The van der Waals surface area contributed by atoms with Crippen LogP contribution in [0, 0.1) is 0 Å². The summed E-state index contributed by atoms with van der Waals surface area (Å²) in [5.41, 5.74) is 0.604. The molecule has 3 heterocycles. The molecule has 0 bridgehead atoms. The minimum absolute atomic E-state index is 0.0615. The second-order valence-electron chi connectivity index (χ2n) is 6.28. The fourth-order valence-corrected chi connectivity index (χ4v) is 3.88. The van der Waals surface area contributed by atoms with Crippen LogP contribution in [-0.2, 0) is 0 Å². The van der Waals surface area contributed by atoms with Gasteiger partial charge < -0.3 is 10.2 Å². The first-order chi connectivity index (χ1) is 11.6. The lowest BCUT2D eigenvalue weighted by molar-refractivity contribution is 0.0938. The number of carbonyl (C=O) groups is 1. The zero-order valence-corrected chi connectivity index (χ0v) is 15.1. The smallest absolute Gasteiger partial charge is 0.252 e. The Kier molecular flexibility index (Phi) is 5.48. The molecule has 1 saturated heterocycles. The molecule has 2 aromatic rings. The third-order valence-electron chi connectivity index (χ3n) is 4.38. The molecule has 0 saturated carbocycles. The molecule has 0 spiro atoms. The summed E-state index contributed by atoms with van der Waals surface area (Å²) in [5, 5.41) is 5.19. The maximum Gasteiger partial charge on any atom is 0.252 e. The second kappa shape index (κ2) is 7.77. The van der Waals surface area contributed by atoms with Crippen molar-refractivity contribution in [2.75, 3.05) is 38.6 Å². The number of rotatable bonds is 6. The van der Waals surface area contributed by atoms with Crippen LogP contribution in [0.5, 0.6) is 0 Å². The van der Waals surface area contributed by atoms with Crippen molar-refractivity contribution in [3.8, 4) is 0 Å². The Labute approximate surface area is 147 Å². The van der Waals surface area contributed by atoms with Crippen LogP contribution in [-0.4, -0.2) is 49.5 Å². The molecule has 0 aromatic carbocycles. The van der Waals surface area contributed by atoms with E-state index in [-0.39, 0.29) is 11.9 Å². The van der Waals surface area contributed by atoms with E-state index in [1.54, 1.807) is 17.5 Å². The third-order valence-corrected chi connectivity index (χ3v) is 5.35. The maximum absolute atomic E-state index is 12.4. The summed E-state index contributed by atoms with van der Waals surface area (Å²) in [6.07, 6.45) is 4.12. The van der Waals surface area contributed by atoms with Gasteiger partial charge in [-0.15, -0.1) is 11.3 Å². The Hall–Kier alpha value is -1.92.